The quantitative estimate of drug-likeness (QED) is 0.787. The first kappa shape index (κ1) is 17.5. The van der Waals surface area contributed by atoms with Crippen molar-refractivity contribution in [2.24, 2.45) is 0 Å². The SMILES string of the molecule is Cc1cc(C(F)(F)F)cc(O)c1-c1ccc(NC[C@H]2CCCN2)nn1. The fourth-order valence-corrected chi connectivity index (χ4v) is 2.98. The van der Waals surface area contributed by atoms with E-state index >= 15 is 0 Å². The zero-order chi connectivity index (χ0) is 18.0. The van der Waals surface area contributed by atoms with Gasteiger partial charge < -0.3 is 15.7 Å². The van der Waals surface area contributed by atoms with Gasteiger partial charge in [0.2, 0.25) is 0 Å². The Balaban J connectivity index is 1.77. The first-order valence-corrected chi connectivity index (χ1v) is 8.07. The molecule has 1 aromatic carbocycles. The summed E-state index contributed by atoms with van der Waals surface area (Å²) in [6, 6.07) is 5.44. The van der Waals surface area contributed by atoms with E-state index in [9.17, 15) is 18.3 Å². The van der Waals surface area contributed by atoms with Gasteiger partial charge in [0, 0.05) is 18.2 Å². The van der Waals surface area contributed by atoms with Gasteiger partial charge in [0.1, 0.15) is 11.6 Å². The van der Waals surface area contributed by atoms with Crippen LogP contribution in [0.5, 0.6) is 5.75 Å². The molecule has 2 heterocycles. The topological polar surface area (TPSA) is 70.1 Å². The van der Waals surface area contributed by atoms with Crippen molar-refractivity contribution < 1.29 is 18.3 Å². The van der Waals surface area contributed by atoms with Crippen molar-refractivity contribution in [2.45, 2.75) is 32.0 Å². The predicted octanol–water partition coefficient (Wildman–Crippen LogP) is 3.34. The number of aryl methyl sites for hydroxylation is 1. The van der Waals surface area contributed by atoms with Crippen LogP contribution in [-0.2, 0) is 6.18 Å². The first-order valence-electron chi connectivity index (χ1n) is 8.07. The summed E-state index contributed by atoms with van der Waals surface area (Å²) in [5.41, 5.74) is -0.0168. The zero-order valence-corrected chi connectivity index (χ0v) is 13.7. The molecular formula is C17H19F3N4O. The summed E-state index contributed by atoms with van der Waals surface area (Å²) in [7, 11) is 0. The first-order chi connectivity index (χ1) is 11.8. The van der Waals surface area contributed by atoms with Gasteiger partial charge in [0.15, 0.2) is 0 Å². The summed E-state index contributed by atoms with van der Waals surface area (Å²) in [5.74, 6) is 0.124. The second-order valence-electron chi connectivity index (χ2n) is 6.16. The van der Waals surface area contributed by atoms with Crippen LogP contribution in [-0.4, -0.2) is 34.4 Å². The van der Waals surface area contributed by atoms with Crippen LogP contribution in [0.15, 0.2) is 24.3 Å². The number of nitrogens with zero attached hydrogens (tertiary/aromatic N) is 2. The molecule has 0 saturated carbocycles. The molecule has 0 unspecified atom stereocenters. The maximum Gasteiger partial charge on any atom is 0.416 e. The molecule has 1 aromatic heterocycles. The molecule has 134 valence electrons. The number of phenolic OH excluding ortho intramolecular Hbond substituents is 1. The van der Waals surface area contributed by atoms with E-state index in [1.807, 2.05) is 0 Å². The number of halogens is 3. The smallest absolute Gasteiger partial charge is 0.416 e. The maximum absolute atomic E-state index is 12.8. The molecule has 1 fully saturated rings. The largest absolute Gasteiger partial charge is 0.507 e. The molecule has 25 heavy (non-hydrogen) atoms. The van der Waals surface area contributed by atoms with Crippen molar-refractivity contribution in [3.63, 3.8) is 0 Å². The maximum atomic E-state index is 12.8. The van der Waals surface area contributed by atoms with Crippen LogP contribution in [0.4, 0.5) is 19.0 Å². The van der Waals surface area contributed by atoms with Crippen molar-refractivity contribution in [3.8, 4) is 17.0 Å². The lowest BCUT2D eigenvalue weighted by Gasteiger charge is -2.14. The second-order valence-corrected chi connectivity index (χ2v) is 6.16. The van der Waals surface area contributed by atoms with Gasteiger partial charge in [0.05, 0.1) is 11.3 Å². The summed E-state index contributed by atoms with van der Waals surface area (Å²) in [4.78, 5) is 0. The van der Waals surface area contributed by atoms with Gasteiger partial charge in [-0.1, -0.05) is 0 Å². The molecule has 1 aliphatic heterocycles. The summed E-state index contributed by atoms with van der Waals surface area (Å²) in [6.45, 7) is 3.26. The number of anilines is 1. The standard InChI is InChI=1S/C17H19F3N4O/c1-10-7-11(17(18,19)20)8-14(25)16(10)13-4-5-15(24-23-13)22-9-12-3-2-6-21-12/h4-5,7-8,12,21,25H,2-3,6,9H2,1H3,(H,22,24)/t12-/m1/s1. The molecule has 3 N–H and O–H groups in total. The van der Waals surface area contributed by atoms with Gasteiger partial charge in [-0.3, -0.25) is 0 Å². The Bertz CT molecular complexity index is 718. The molecule has 3 rings (SSSR count). The van der Waals surface area contributed by atoms with E-state index in [4.69, 9.17) is 0 Å². The lowest BCUT2D eigenvalue weighted by Crippen LogP contribution is -2.29. The Hall–Kier alpha value is -2.35. The lowest BCUT2D eigenvalue weighted by molar-refractivity contribution is -0.137. The molecule has 0 aliphatic carbocycles. The summed E-state index contributed by atoms with van der Waals surface area (Å²) < 4.78 is 38.4. The average molecular weight is 352 g/mol. The number of hydrogen-bond acceptors (Lipinski definition) is 5. The van der Waals surface area contributed by atoms with E-state index in [1.165, 1.54) is 6.92 Å². The number of aromatic hydroxyl groups is 1. The third-order valence-corrected chi connectivity index (χ3v) is 4.25. The Morgan fingerprint density at radius 2 is 2.08 bits per heavy atom. The van der Waals surface area contributed by atoms with Crippen LogP contribution in [0.3, 0.4) is 0 Å². The number of hydrogen-bond donors (Lipinski definition) is 3. The Labute approximate surface area is 143 Å². The van der Waals surface area contributed by atoms with Crippen LogP contribution < -0.4 is 10.6 Å². The molecule has 0 amide bonds. The Morgan fingerprint density at radius 1 is 1.28 bits per heavy atom. The second kappa shape index (κ2) is 6.87. The highest BCUT2D eigenvalue weighted by Crippen LogP contribution is 2.38. The number of benzene rings is 1. The summed E-state index contributed by atoms with van der Waals surface area (Å²) in [6.07, 6.45) is -2.24. The van der Waals surface area contributed by atoms with E-state index in [-0.39, 0.29) is 11.1 Å². The molecule has 0 spiro atoms. The van der Waals surface area contributed by atoms with Gasteiger partial charge in [0.25, 0.3) is 0 Å². The number of rotatable bonds is 4. The van der Waals surface area contributed by atoms with Crippen molar-refractivity contribution in [2.75, 3.05) is 18.4 Å². The third-order valence-electron chi connectivity index (χ3n) is 4.25. The van der Waals surface area contributed by atoms with Gasteiger partial charge >= 0.3 is 6.18 Å². The lowest BCUT2D eigenvalue weighted by atomic mass is 10.0. The average Bonchev–Trinajstić information content (AvgIpc) is 3.06. The van der Waals surface area contributed by atoms with Crippen molar-refractivity contribution in [1.82, 2.24) is 15.5 Å². The number of alkyl halides is 3. The minimum absolute atomic E-state index is 0.254. The molecular weight excluding hydrogens is 333 g/mol. The minimum Gasteiger partial charge on any atom is -0.507 e. The summed E-state index contributed by atoms with van der Waals surface area (Å²) in [5, 5.41) is 24.6. The minimum atomic E-state index is -4.51. The van der Waals surface area contributed by atoms with Gasteiger partial charge in [-0.25, -0.2) is 0 Å². The fraction of sp³-hybridized carbons (Fsp3) is 0.412. The van der Waals surface area contributed by atoms with E-state index in [1.54, 1.807) is 12.1 Å². The third kappa shape index (κ3) is 4.01. The fourth-order valence-electron chi connectivity index (χ4n) is 2.98. The van der Waals surface area contributed by atoms with E-state index in [2.05, 4.69) is 20.8 Å². The molecule has 5 nitrogen and oxygen atoms in total. The van der Waals surface area contributed by atoms with Crippen LogP contribution >= 0.6 is 0 Å². The monoisotopic (exact) mass is 352 g/mol. The molecule has 1 saturated heterocycles. The highest BCUT2D eigenvalue weighted by atomic mass is 19.4. The number of phenols is 1. The van der Waals surface area contributed by atoms with Gasteiger partial charge in [-0.2, -0.15) is 13.2 Å². The molecule has 1 aliphatic rings. The Morgan fingerprint density at radius 3 is 2.64 bits per heavy atom. The van der Waals surface area contributed by atoms with Crippen LogP contribution in [0.1, 0.15) is 24.0 Å². The van der Waals surface area contributed by atoms with Crippen molar-refractivity contribution in [3.05, 3.63) is 35.4 Å². The summed E-state index contributed by atoms with van der Waals surface area (Å²) >= 11 is 0. The zero-order valence-electron chi connectivity index (χ0n) is 13.7. The number of nitrogens with one attached hydrogen (secondary N) is 2. The molecule has 1 atom stereocenters. The van der Waals surface area contributed by atoms with Crippen LogP contribution in [0.25, 0.3) is 11.3 Å². The number of aromatic nitrogens is 2. The molecule has 2 aromatic rings. The predicted molar refractivity (Wildman–Crippen MR) is 88.4 cm³/mol. The highest BCUT2D eigenvalue weighted by molar-refractivity contribution is 5.71. The molecule has 8 heteroatoms. The van der Waals surface area contributed by atoms with Crippen molar-refractivity contribution in [1.29, 1.82) is 0 Å². The normalized spacial score (nSPS) is 17.7. The van der Waals surface area contributed by atoms with Crippen LogP contribution in [0.2, 0.25) is 0 Å². The molecule has 0 bridgehead atoms. The highest BCUT2D eigenvalue weighted by Gasteiger charge is 2.32. The van der Waals surface area contributed by atoms with Crippen LogP contribution in [0, 0.1) is 6.92 Å². The van der Waals surface area contributed by atoms with Gasteiger partial charge in [-0.05, 0) is 56.1 Å². The van der Waals surface area contributed by atoms with E-state index in [0.717, 1.165) is 32.0 Å². The van der Waals surface area contributed by atoms with E-state index < -0.39 is 17.5 Å². The van der Waals surface area contributed by atoms with Gasteiger partial charge in [-0.15, -0.1) is 10.2 Å². The van der Waals surface area contributed by atoms with Crippen molar-refractivity contribution >= 4 is 5.82 Å². The van der Waals surface area contributed by atoms with E-state index in [0.29, 0.717) is 23.6 Å². The molecule has 0 radical (unpaired) electrons. The Kier molecular flexibility index (Phi) is 4.80.